The molecule has 0 amide bonds. The standard InChI is InChI=1S/C28H33N9O2/c1-4-13-35-27(39)23-16-29-28(31-26(23)37(35)24-11-12-25(38)36(32-24)19(2)3)30-20-7-9-21(10-8-20)34-17-22(18-34)33-14-5-6-15-33/h4,7-12,16,19,22H,1,5-6,13-15,17-18H2,2-3H3,(H,29,30,31). The summed E-state index contributed by atoms with van der Waals surface area (Å²) in [4.78, 5) is 39.6. The quantitative estimate of drug-likeness (QED) is 0.349. The largest absolute Gasteiger partial charge is 0.368 e. The summed E-state index contributed by atoms with van der Waals surface area (Å²) in [7, 11) is 0. The van der Waals surface area contributed by atoms with Crippen molar-refractivity contribution in [1.82, 2.24) is 34.0 Å². The number of benzene rings is 1. The first-order valence-electron chi connectivity index (χ1n) is 13.5. The van der Waals surface area contributed by atoms with Gasteiger partial charge >= 0.3 is 0 Å². The highest BCUT2D eigenvalue weighted by Gasteiger charge is 2.33. The number of hydrogen-bond acceptors (Lipinski definition) is 8. The molecule has 1 N–H and O–H groups in total. The molecule has 0 spiro atoms. The number of rotatable bonds is 8. The van der Waals surface area contributed by atoms with Gasteiger partial charge in [-0.3, -0.25) is 14.5 Å². The molecule has 0 bridgehead atoms. The van der Waals surface area contributed by atoms with Gasteiger partial charge in [0.15, 0.2) is 11.5 Å². The van der Waals surface area contributed by atoms with Crippen LogP contribution in [-0.4, -0.2) is 66.2 Å². The van der Waals surface area contributed by atoms with Crippen LogP contribution in [0, 0.1) is 0 Å². The second kappa shape index (κ2) is 10.1. The van der Waals surface area contributed by atoms with Gasteiger partial charge in [-0.25, -0.2) is 19.0 Å². The number of fused-ring (bicyclic) bond motifs is 1. The number of hydrogen-bond donors (Lipinski definition) is 1. The van der Waals surface area contributed by atoms with Crippen molar-refractivity contribution in [3.05, 3.63) is 76.0 Å². The fourth-order valence-electron chi connectivity index (χ4n) is 5.40. The Balaban J connectivity index is 1.28. The minimum absolute atomic E-state index is 0.143. The minimum Gasteiger partial charge on any atom is -0.368 e. The third kappa shape index (κ3) is 4.63. The van der Waals surface area contributed by atoms with Gasteiger partial charge in [-0.1, -0.05) is 6.08 Å². The van der Waals surface area contributed by atoms with Crippen molar-refractivity contribution in [2.75, 3.05) is 36.4 Å². The highest BCUT2D eigenvalue weighted by Crippen LogP contribution is 2.27. The van der Waals surface area contributed by atoms with E-state index in [0.717, 1.165) is 18.8 Å². The van der Waals surface area contributed by atoms with E-state index < -0.39 is 0 Å². The highest BCUT2D eigenvalue weighted by atomic mass is 16.1. The lowest BCUT2D eigenvalue weighted by atomic mass is 10.1. The van der Waals surface area contributed by atoms with Gasteiger partial charge in [0, 0.05) is 42.8 Å². The first-order valence-corrected chi connectivity index (χ1v) is 13.5. The Morgan fingerprint density at radius 1 is 1.08 bits per heavy atom. The minimum atomic E-state index is -0.258. The maximum absolute atomic E-state index is 13.2. The van der Waals surface area contributed by atoms with Crippen LogP contribution in [0.1, 0.15) is 32.7 Å². The molecule has 11 nitrogen and oxygen atoms in total. The lowest BCUT2D eigenvalue weighted by Gasteiger charge is -2.45. The van der Waals surface area contributed by atoms with Gasteiger partial charge in [0.25, 0.3) is 11.1 Å². The molecule has 2 fully saturated rings. The van der Waals surface area contributed by atoms with E-state index in [4.69, 9.17) is 0 Å². The molecule has 11 heteroatoms. The summed E-state index contributed by atoms with van der Waals surface area (Å²) in [5, 5.41) is 8.13. The Hall–Kier alpha value is -4.25. The average Bonchev–Trinajstić information content (AvgIpc) is 3.52. The van der Waals surface area contributed by atoms with Gasteiger partial charge in [0.05, 0.1) is 12.6 Å². The van der Waals surface area contributed by atoms with Crippen molar-refractivity contribution in [2.45, 2.75) is 45.3 Å². The number of allylic oxidation sites excluding steroid dienone is 1. The maximum atomic E-state index is 13.2. The first-order chi connectivity index (χ1) is 18.9. The Kier molecular flexibility index (Phi) is 6.51. The summed E-state index contributed by atoms with van der Waals surface area (Å²) >= 11 is 0. The highest BCUT2D eigenvalue weighted by molar-refractivity contribution is 5.77. The monoisotopic (exact) mass is 527 g/mol. The number of nitrogens with zero attached hydrogens (tertiary/aromatic N) is 8. The Morgan fingerprint density at radius 2 is 1.82 bits per heavy atom. The van der Waals surface area contributed by atoms with Crippen LogP contribution in [0.4, 0.5) is 17.3 Å². The molecular weight excluding hydrogens is 494 g/mol. The summed E-state index contributed by atoms with van der Waals surface area (Å²) in [5.74, 6) is 0.767. The van der Waals surface area contributed by atoms with Gasteiger partial charge in [-0.05, 0) is 70.1 Å². The van der Waals surface area contributed by atoms with E-state index in [-0.39, 0.29) is 23.7 Å². The van der Waals surface area contributed by atoms with Crippen LogP contribution >= 0.6 is 0 Å². The summed E-state index contributed by atoms with van der Waals surface area (Å²) < 4.78 is 4.50. The molecule has 39 heavy (non-hydrogen) atoms. The normalized spacial score (nSPS) is 16.2. The van der Waals surface area contributed by atoms with Crippen molar-refractivity contribution in [1.29, 1.82) is 0 Å². The van der Waals surface area contributed by atoms with Crippen LogP contribution in [0.2, 0.25) is 0 Å². The van der Waals surface area contributed by atoms with Crippen molar-refractivity contribution in [2.24, 2.45) is 0 Å². The number of anilines is 3. The van der Waals surface area contributed by atoms with Gasteiger partial charge < -0.3 is 10.2 Å². The Bertz CT molecular complexity index is 1620. The molecule has 3 aromatic heterocycles. The van der Waals surface area contributed by atoms with Crippen molar-refractivity contribution < 1.29 is 0 Å². The molecule has 0 atom stereocenters. The van der Waals surface area contributed by atoms with E-state index in [1.807, 2.05) is 26.0 Å². The van der Waals surface area contributed by atoms with E-state index in [1.54, 1.807) is 16.8 Å². The topological polar surface area (TPSA) is 106 Å². The molecule has 0 saturated carbocycles. The van der Waals surface area contributed by atoms with Gasteiger partial charge in [-0.15, -0.1) is 11.7 Å². The predicted molar refractivity (Wildman–Crippen MR) is 152 cm³/mol. The molecule has 202 valence electrons. The SMILES string of the molecule is C=CCn1c(=O)c2cnc(Nc3ccc(N4CC(N5CCCC5)C4)cc3)nc2n1-c1ccc(=O)n(C(C)C)n1. The molecule has 2 saturated heterocycles. The van der Waals surface area contributed by atoms with E-state index in [1.165, 1.54) is 53.2 Å². The number of nitrogens with one attached hydrogen (secondary N) is 1. The molecule has 0 radical (unpaired) electrons. The van der Waals surface area contributed by atoms with E-state index in [9.17, 15) is 9.59 Å². The number of likely N-dealkylation sites (tertiary alicyclic amines) is 1. The van der Waals surface area contributed by atoms with Crippen LogP contribution in [0.3, 0.4) is 0 Å². The van der Waals surface area contributed by atoms with Crippen LogP contribution < -0.4 is 21.3 Å². The second-order valence-electron chi connectivity index (χ2n) is 10.5. The fraction of sp³-hybridized carbons (Fsp3) is 0.393. The van der Waals surface area contributed by atoms with Crippen LogP contribution in [-0.2, 0) is 6.54 Å². The van der Waals surface area contributed by atoms with Gasteiger partial charge in [-0.2, -0.15) is 4.98 Å². The van der Waals surface area contributed by atoms with Crippen LogP contribution in [0.5, 0.6) is 0 Å². The summed E-state index contributed by atoms with van der Waals surface area (Å²) in [6.07, 6.45) is 5.80. The zero-order valence-electron chi connectivity index (χ0n) is 22.3. The second-order valence-corrected chi connectivity index (χ2v) is 10.5. The molecule has 5 heterocycles. The fourth-order valence-corrected chi connectivity index (χ4v) is 5.40. The van der Waals surface area contributed by atoms with Gasteiger partial charge in [0.2, 0.25) is 5.95 Å². The molecule has 4 aromatic rings. The molecule has 0 unspecified atom stereocenters. The molecule has 6 rings (SSSR count). The molecule has 0 aliphatic carbocycles. The average molecular weight is 528 g/mol. The molecule has 1 aromatic carbocycles. The smallest absolute Gasteiger partial charge is 0.278 e. The maximum Gasteiger partial charge on any atom is 0.278 e. The third-order valence-corrected chi connectivity index (χ3v) is 7.50. The number of aromatic nitrogens is 6. The van der Waals surface area contributed by atoms with Gasteiger partial charge in [0.1, 0.15) is 5.39 Å². The lowest BCUT2D eigenvalue weighted by Crippen LogP contribution is -2.58. The van der Waals surface area contributed by atoms with Crippen molar-refractivity contribution >= 4 is 28.4 Å². The van der Waals surface area contributed by atoms with Crippen LogP contribution in [0.25, 0.3) is 16.9 Å². The third-order valence-electron chi connectivity index (χ3n) is 7.50. The van der Waals surface area contributed by atoms with Crippen LogP contribution in [0.15, 0.2) is 64.8 Å². The van der Waals surface area contributed by atoms with Crippen molar-refractivity contribution in [3.8, 4) is 5.82 Å². The van der Waals surface area contributed by atoms with Crippen molar-refractivity contribution in [3.63, 3.8) is 0 Å². The molecule has 2 aliphatic rings. The van der Waals surface area contributed by atoms with E-state index in [0.29, 0.717) is 28.8 Å². The summed E-state index contributed by atoms with van der Waals surface area (Å²) in [5.41, 5.74) is 1.97. The zero-order valence-corrected chi connectivity index (χ0v) is 22.3. The molecular formula is C28H33N9O2. The summed E-state index contributed by atoms with van der Waals surface area (Å²) in [6, 6.07) is 11.8. The zero-order chi connectivity index (χ0) is 27.1. The Labute approximate surface area is 226 Å². The summed E-state index contributed by atoms with van der Waals surface area (Å²) in [6.45, 7) is 12.4. The predicted octanol–water partition coefficient (Wildman–Crippen LogP) is 2.93. The first kappa shape index (κ1) is 25.1. The Morgan fingerprint density at radius 3 is 2.51 bits per heavy atom. The molecule has 2 aliphatic heterocycles. The van der Waals surface area contributed by atoms with E-state index in [2.05, 4.69) is 48.9 Å². The van der Waals surface area contributed by atoms with E-state index >= 15 is 0 Å². The lowest BCUT2D eigenvalue weighted by molar-refractivity contribution is 0.205.